The van der Waals surface area contributed by atoms with Gasteiger partial charge in [-0.25, -0.2) is 0 Å². The van der Waals surface area contributed by atoms with Crippen LogP contribution in [0.15, 0.2) is 65.6 Å². The van der Waals surface area contributed by atoms with Crippen molar-refractivity contribution in [3.63, 3.8) is 0 Å². The summed E-state index contributed by atoms with van der Waals surface area (Å²) < 4.78 is 2.11. The summed E-state index contributed by atoms with van der Waals surface area (Å²) in [7, 11) is 0. The third-order valence-electron chi connectivity index (χ3n) is 2.73. The molecule has 0 saturated carbocycles. The molecule has 0 amide bonds. The summed E-state index contributed by atoms with van der Waals surface area (Å²) in [5.74, 6) is 0. The Labute approximate surface area is 111 Å². The molecule has 18 heavy (non-hydrogen) atoms. The van der Waals surface area contributed by atoms with Crippen molar-refractivity contribution in [1.82, 2.24) is 4.98 Å². The first-order chi connectivity index (χ1) is 8.84. The van der Waals surface area contributed by atoms with Crippen LogP contribution in [0.5, 0.6) is 0 Å². The minimum atomic E-state index is 0.0255. The van der Waals surface area contributed by atoms with Gasteiger partial charge in [0.25, 0.3) is 0 Å². The number of nitrogens with one attached hydrogen (secondary N) is 1. The quantitative estimate of drug-likeness (QED) is 0.708. The number of hydrogen-bond acceptors (Lipinski definition) is 1. The Bertz CT molecular complexity index is 734. The number of aromatic nitrogens is 1. The zero-order valence-electron chi connectivity index (χ0n) is 9.59. The van der Waals surface area contributed by atoms with Gasteiger partial charge < -0.3 is 0 Å². The number of fused-ring (bicyclic) bond motifs is 1. The van der Waals surface area contributed by atoms with Gasteiger partial charge in [-0.1, -0.05) is 0 Å². The molecule has 88 valence electrons. The normalized spacial score (nSPS) is 10.7. The number of rotatable bonds is 2. The molecule has 0 unspecified atom stereocenters. The van der Waals surface area contributed by atoms with E-state index in [4.69, 9.17) is 0 Å². The summed E-state index contributed by atoms with van der Waals surface area (Å²) in [5.41, 5.74) is 0.0255. The summed E-state index contributed by atoms with van der Waals surface area (Å²) >= 11 is 0.0374. The van der Waals surface area contributed by atoms with Crippen molar-refractivity contribution in [2.45, 2.75) is 0 Å². The molecule has 3 rings (SSSR count). The predicted octanol–water partition coefficient (Wildman–Crippen LogP) is 1.18. The van der Waals surface area contributed by atoms with Crippen molar-refractivity contribution in [2.75, 3.05) is 0 Å². The average Bonchev–Trinajstić information content (AvgIpc) is 2.43. The monoisotopic (exact) mass is 301 g/mol. The molecule has 0 aliphatic heterocycles. The molecule has 0 radical (unpaired) electrons. The molecular formula is C15H11NOSe. The van der Waals surface area contributed by atoms with Crippen LogP contribution in [0, 0.1) is 0 Å². The van der Waals surface area contributed by atoms with Gasteiger partial charge in [-0.05, 0) is 0 Å². The Hall–Kier alpha value is -1.83. The van der Waals surface area contributed by atoms with E-state index in [1.54, 1.807) is 6.20 Å². The summed E-state index contributed by atoms with van der Waals surface area (Å²) in [5, 5.41) is 2.15. The number of H-pyrrole nitrogens is 1. The predicted molar refractivity (Wildman–Crippen MR) is 76.0 cm³/mol. The van der Waals surface area contributed by atoms with Crippen LogP contribution in [-0.4, -0.2) is 19.9 Å². The van der Waals surface area contributed by atoms with Crippen LogP contribution in [-0.2, 0) is 0 Å². The molecule has 2 aromatic carbocycles. The van der Waals surface area contributed by atoms with E-state index in [9.17, 15) is 4.79 Å². The second-order valence-corrected chi connectivity index (χ2v) is 6.22. The van der Waals surface area contributed by atoms with E-state index in [1.807, 2.05) is 42.5 Å². The van der Waals surface area contributed by atoms with Crippen LogP contribution in [0.3, 0.4) is 0 Å². The van der Waals surface area contributed by atoms with E-state index in [2.05, 4.69) is 17.1 Å². The summed E-state index contributed by atoms with van der Waals surface area (Å²) in [6.07, 6.45) is 1.78. The Morgan fingerprint density at radius 2 is 1.61 bits per heavy atom. The van der Waals surface area contributed by atoms with E-state index in [0.717, 1.165) is 15.2 Å². The molecule has 1 N–H and O–H groups in total. The number of aromatic amines is 1. The molecule has 0 fully saturated rings. The van der Waals surface area contributed by atoms with E-state index >= 15 is 0 Å². The van der Waals surface area contributed by atoms with Crippen LogP contribution < -0.4 is 14.5 Å². The van der Waals surface area contributed by atoms with Gasteiger partial charge in [0.2, 0.25) is 0 Å². The van der Waals surface area contributed by atoms with Gasteiger partial charge in [0.05, 0.1) is 0 Å². The molecule has 0 saturated heterocycles. The minimum absolute atomic E-state index is 0.0255. The van der Waals surface area contributed by atoms with Crippen molar-refractivity contribution in [1.29, 1.82) is 0 Å². The number of benzene rings is 2. The van der Waals surface area contributed by atoms with Crippen molar-refractivity contribution in [3.8, 4) is 0 Å². The molecule has 0 aliphatic carbocycles. The summed E-state index contributed by atoms with van der Waals surface area (Å²) in [4.78, 5) is 14.8. The third kappa shape index (κ3) is 2.10. The molecule has 0 atom stereocenters. The first-order valence-electron chi connectivity index (χ1n) is 5.68. The van der Waals surface area contributed by atoms with E-state index in [0.29, 0.717) is 0 Å². The van der Waals surface area contributed by atoms with E-state index in [1.165, 1.54) is 4.46 Å². The molecule has 3 aromatic rings. The number of hydrogen-bond donors (Lipinski definition) is 1. The zero-order chi connectivity index (χ0) is 12.4. The van der Waals surface area contributed by atoms with Crippen LogP contribution in [0.25, 0.3) is 10.8 Å². The maximum atomic E-state index is 12.0. The van der Waals surface area contributed by atoms with Crippen molar-refractivity contribution in [3.05, 3.63) is 71.1 Å². The average molecular weight is 300 g/mol. The zero-order valence-corrected chi connectivity index (χ0v) is 11.3. The molecular weight excluding hydrogens is 289 g/mol. The van der Waals surface area contributed by atoms with Crippen LogP contribution >= 0.6 is 0 Å². The van der Waals surface area contributed by atoms with Gasteiger partial charge in [0.15, 0.2) is 0 Å². The van der Waals surface area contributed by atoms with Gasteiger partial charge in [-0.3, -0.25) is 0 Å². The topological polar surface area (TPSA) is 32.9 Å². The van der Waals surface area contributed by atoms with Gasteiger partial charge in [0.1, 0.15) is 0 Å². The first-order valence-corrected chi connectivity index (χ1v) is 7.39. The standard InChI is InChI=1S/C15H11NOSe/c17-15-14(18-12-7-2-1-3-8-12)13-9-5-4-6-11(13)10-16-15/h1-10H,(H,16,17). The fourth-order valence-electron chi connectivity index (χ4n) is 1.87. The molecule has 0 bridgehead atoms. The fraction of sp³-hybridized carbons (Fsp3) is 0. The van der Waals surface area contributed by atoms with Gasteiger partial charge in [-0.2, -0.15) is 0 Å². The van der Waals surface area contributed by atoms with Crippen LogP contribution in [0.4, 0.5) is 0 Å². The Morgan fingerprint density at radius 3 is 2.44 bits per heavy atom. The summed E-state index contributed by atoms with van der Waals surface area (Å²) in [6, 6.07) is 18.2. The van der Waals surface area contributed by atoms with Crippen molar-refractivity contribution in [2.24, 2.45) is 0 Å². The third-order valence-corrected chi connectivity index (χ3v) is 5.08. The Kier molecular flexibility index (Phi) is 3.01. The maximum absolute atomic E-state index is 12.0. The number of pyridine rings is 1. The first kappa shape index (κ1) is 11.3. The van der Waals surface area contributed by atoms with Crippen LogP contribution in [0.1, 0.15) is 0 Å². The van der Waals surface area contributed by atoms with Crippen molar-refractivity contribution < 1.29 is 0 Å². The molecule has 1 heterocycles. The van der Waals surface area contributed by atoms with E-state index in [-0.39, 0.29) is 20.5 Å². The fourth-order valence-corrected chi connectivity index (χ4v) is 3.92. The second kappa shape index (κ2) is 4.81. The Balaban J connectivity index is 2.16. The van der Waals surface area contributed by atoms with Gasteiger partial charge in [-0.15, -0.1) is 0 Å². The molecule has 0 spiro atoms. The van der Waals surface area contributed by atoms with E-state index < -0.39 is 0 Å². The second-order valence-electron chi connectivity index (χ2n) is 3.95. The van der Waals surface area contributed by atoms with Gasteiger partial charge >= 0.3 is 111 Å². The van der Waals surface area contributed by atoms with Crippen molar-refractivity contribution >= 4 is 34.7 Å². The van der Waals surface area contributed by atoms with Gasteiger partial charge in [0, 0.05) is 0 Å². The Morgan fingerprint density at radius 1 is 0.889 bits per heavy atom. The SMILES string of the molecule is O=c1[nH]cc2ccccc2c1[Se]c1ccccc1. The summed E-state index contributed by atoms with van der Waals surface area (Å²) in [6.45, 7) is 0. The molecule has 1 aromatic heterocycles. The van der Waals surface area contributed by atoms with Crippen LogP contribution in [0.2, 0.25) is 0 Å². The molecule has 3 heteroatoms. The molecule has 2 nitrogen and oxygen atoms in total. The molecule has 0 aliphatic rings.